The first-order chi connectivity index (χ1) is 12.2. The number of halogens is 1. The summed E-state index contributed by atoms with van der Waals surface area (Å²) in [6.45, 7) is 0. The smallest absolute Gasteiger partial charge is 0.246 e. The zero-order valence-electron chi connectivity index (χ0n) is 13.1. The van der Waals surface area contributed by atoms with Crippen molar-refractivity contribution in [2.75, 3.05) is 0 Å². The number of ether oxygens (including phenoxy) is 1. The highest BCUT2D eigenvalue weighted by atomic mass is 19.1. The Morgan fingerprint density at radius 1 is 0.800 bits per heavy atom. The van der Waals surface area contributed by atoms with E-state index in [0.29, 0.717) is 28.4 Å². The van der Waals surface area contributed by atoms with E-state index in [0.717, 1.165) is 5.56 Å². The molecule has 0 aliphatic carbocycles. The molecular formula is C20H13FN2O2. The van der Waals surface area contributed by atoms with Gasteiger partial charge in [-0.15, -0.1) is 0 Å². The number of aromatic hydroxyl groups is 1. The molecule has 0 saturated carbocycles. The largest absolute Gasteiger partial charge is 0.508 e. The van der Waals surface area contributed by atoms with Crippen LogP contribution in [0.5, 0.6) is 17.4 Å². The number of benzene rings is 3. The van der Waals surface area contributed by atoms with Crippen LogP contribution in [0.3, 0.4) is 0 Å². The van der Waals surface area contributed by atoms with Gasteiger partial charge in [-0.05, 0) is 36.4 Å². The molecule has 0 unspecified atom stereocenters. The molecule has 5 heteroatoms. The Bertz CT molecular complexity index is 1030. The van der Waals surface area contributed by atoms with Crippen molar-refractivity contribution in [1.29, 1.82) is 0 Å². The van der Waals surface area contributed by atoms with Crippen LogP contribution in [-0.4, -0.2) is 15.1 Å². The standard InChI is InChI=1S/C20H13FN2O2/c21-14-6-11-17-18(12-14)22-19(13-4-2-1-3-5-13)20(23-17)25-16-9-7-15(24)8-10-16/h1-12,24H. The van der Waals surface area contributed by atoms with Crippen LogP contribution in [0.4, 0.5) is 4.39 Å². The Kier molecular flexibility index (Phi) is 3.74. The van der Waals surface area contributed by atoms with Crippen LogP contribution < -0.4 is 4.74 Å². The quantitative estimate of drug-likeness (QED) is 0.578. The Morgan fingerprint density at radius 3 is 2.32 bits per heavy atom. The number of fused-ring (bicyclic) bond motifs is 1. The third-order valence-corrected chi connectivity index (χ3v) is 3.69. The predicted molar refractivity (Wildman–Crippen MR) is 93.1 cm³/mol. The minimum Gasteiger partial charge on any atom is -0.508 e. The van der Waals surface area contributed by atoms with E-state index in [1.165, 1.54) is 24.3 Å². The first kappa shape index (κ1) is 15.1. The van der Waals surface area contributed by atoms with E-state index in [-0.39, 0.29) is 11.6 Å². The minimum absolute atomic E-state index is 0.149. The molecule has 0 saturated heterocycles. The van der Waals surface area contributed by atoms with Crippen LogP contribution >= 0.6 is 0 Å². The van der Waals surface area contributed by atoms with Gasteiger partial charge >= 0.3 is 0 Å². The van der Waals surface area contributed by atoms with Gasteiger partial charge in [0.05, 0.1) is 11.0 Å². The number of hydrogen-bond donors (Lipinski definition) is 1. The van der Waals surface area contributed by atoms with Crippen molar-refractivity contribution in [2.45, 2.75) is 0 Å². The van der Waals surface area contributed by atoms with Gasteiger partial charge in [-0.2, -0.15) is 0 Å². The highest BCUT2D eigenvalue weighted by Gasteiger charge is 2.14. The van der Waals surface area contributed by atoms with Crippen LogP contribution in [0.2, 0.25) is 0 Å². The van der Waals surface area contributed by atoms with E-state index in [1.807, 2.05) is 30.3 Å². The Hall–Kier alpha value is -3.47. The molecule has 0 aliphatic rings. The normalized spacial score (nSPS) is 10.8. The fraction of sp³-hybridized carbons (Fsp3) is 0. The lowest BCUT2D eigenvalue weighted by atomic mass is 10.1. The zero-order valence-corrected chi connectivity index (χ0v) is 13.1. The van der Waals surface area contributed by atoms with Crippen LogP contribution in [0, 0.1) is 5.82 Å². The second-order valence-corrected chi connectivity index (χ2v) is 5.47. The SMILES string of the molecule is Oc1ccc(Oc2nc3ccc(F)cc3nc2-c2ccccc2)cc1. The third-order valence-electron chi connectivity index (χ3n) is 3.69. The van der Waals surface area contributed by atoms with E-state index < -0.39 is 0 Å². The second kappa shape index (κ2) is 6.20. The van der Waals surface area contributed by atoms with Gasteiger partial charge in [0.25, 0.3) is 0 Å². The van der Waals surface area contributed by atoms with E-state index in [4.69, 9.17) is 4.74 Å². The first-order valence-corrected chi connectivity index (χ1v) is 7.69. The van der Waals surface area contributed by atoms with Crippen molar-refractivity contribution in [3.05, 3.63) is 78.6 Å². The van der Waals surface area contributed by atoms with E-state index in [9.17, 15) is 9.50 Å². The molecule has 122 valence electrons. The molecule has 4 nitrogen and oxygen atoms in total. The van der Waals surface area contributed by atoms with Crippen molar-refractivity contribution in [3.8, 4) is 28.6 Å². The number of phenolic OH excluding ortho intramolecular Hbond substituents is 1. The summed E-state index contributed by atoms with van der Waals surface area (Å²) in [5.41, 5.74) is 2.33. The fourth-order valence-corrected chi connectivity index (χ4v) is 2.49. The Morgan fingerprint density at radius 2 is 1.56 bits per heavy atom. The summed E-state index contributed by atoms with van der Waals surface area (Å²) in [5, 5.41) is 9.40. The molecule has 3 aromatic carbocycles. The van der Waals surface area contributed by atoms with Gasteiger partial charge in [-0.3, -0.25) is 0 Å². The first-order valence-electron chi connectivity index (χ1n) is 7.69. The van der Waals surface area contributed by atoms with Gasteiger partial charge in [0.15, 0.2) is 0 Å². The van der Waals surface area contributed by atoms with Crippen molar-refractivity contribution >= 4 is 11.0 Å². The summed E-state index contributed by atoms with van der Waals surface area (Å²) in [4.78, 5) is 9.04. The van der Waals surface area contributed by atoms with Crippen molar-refractivity contribution in [2.24, 2.45) is 0 Å². The summed E-state index contributed by atoms with van der Waals surface area (Å²) in [6, 6.07) is 20.0. The highest BCUT2D eigenvalue weighted by Crippen LogP contribution is 2.32. The van der Waals surface area contributed by atoms with Gasteiger partial charge in [0, 0.05) is 11.6 Å². The maximum absolute atomic E-state index is 13.5. The summed E-state index contributed by atoms with van der Waals surface area (Å²) >= 11 is 0. The molecule has 1 heterocycles. The lowest BCUT2D eigenvalue weighted by Gasteiger charge is -2.11. The maximum Gasteiger partial charge on any atom is 0.246 e. The summed E-state index contributed by atoms with van der Waals surface area (Å²) < 4.78 is 19.4. The molecule has 4 aromatic rings. The number of phenols is 1. The molecule has 0 aliphatic heterocycles. The Labute approximate surface area is 143 Å². The third kappa shape index (κ3) is 3.12. The molecule has 4 rings (SSSR count). The molecule has 1 aromatic heterocycles. The highest BCUT2D eigenvalue weighted by molar-refractivity contribution is 5.80. The maximum atomic E-state index is 13.5. The molecule has 1 N–H and O–H groups in total. The topological polar surface area (TPSA) is 55.2 Å². The fourth-order valence-electron chi connectivity index (χ4n) is 2.49. The average Bonchev–Trinajstić information content (AvgIpc) is 2.64. The molecule has 0 bridgehead atoms. The molecular weight excluding hydrogens is 319 g/mol. The molecule has 25 heavy (non-hydrogen) atoms. The van der Waals surface area contributed by atoms with Crippen LogP contribution in [0.1, 0.15) is 0 Å². The number of hydrogen-bond acceptors (Lipinski definition) is 4. The summed E-state index contributed by atoms with van der Waals surface area (Å²) in [6.07, 6.45) is 0. The predicted octanol–water partition coefficient (Wildman–Crippen LogP) is 4.93. The van der Waals surface area contributed by atoms with Gasteiger partial charge < -0.3 is 9.84 Å². The lowest BCUT2D eigenvalue weighted by Crippen LogP contribution is -1.97. The zero-order chi connectivity index (χ0) is 17.2. The lowest BCUT2D eigenvalue weighted by molar-refractivity contribution is 0.455. The van der Waals surface area contributed by atoms with Crippen molar-refractivity contribution < 1.29 is 14.2 Å². The molecule has 0 spiro atoms. The minimum atomic E-state index is -0.368. The van der Waals surface area contributed by atoms with E-state index in [1.54, 1.807) is 18.2 Å². The number of nitrogens with zero attached hydrogens (tertiary/aromatic N) is 2. The van der Waals surface area contributed by atoms with Crippen LogP contribution in [0.25, 0.3) is 22.3 Å². The number of aromatic nitrogens is 2. The van der Waals surface area contributed by atoms with Crippen LogP contribution in [0.15, 0.2) is 72.8 Å². The van der Waals surface area contributed by atoms with E-state index >= 15 is 0 Å². The van der Waals surface area contributed by atoms with Gasteiger partial charge in [0.2, 0.25) is 5.88 Å². The van der Waals surface area contributed by atoms with Crippen molar-refractivity contribution in [1.82, 2.24) is 9.97 Å². The van der Waals surface area contributed by atoms with E-state index in [2.05, 4.69) is 9.97 Å². The monoisotopic (exact) mass is 332 g/mol. The van der Waals surface area contributed by atoms with Gasteiger partial charge in [-0.25, -0.2) is 14.4 Å². The summed E-state index contributed by atoms with van der Waals surface area (Å²) in [5.74, 6) is 0.616. The molecule has 0 radical (unpaired) electrons. The summed E-state index contributed by atoms with van der Waals surface area (Å²) in [7, 11) is 0. The van der Waals surface area contributed by atoms with Crippen LogP contribution in [-0.2, 0) is 0 Å². The Balaban J connectivity index is 1.88. The molecule has 0 amide bonds. The average molecular weight is 332 g/mol. The van der Waals surface area contributed by atoms with Crippen molar-refractivity contribution in [3.63, 3.8) is 0 Å². The van der Waals surface area contributed by atoms with Gasteiger partial charge in [0.1, 0.15) is 23.0 Å². The molecule has 0 fully saturated rings. The molecule has 0 atom stereocenters. The number of rotatable bonds is 3. The second-order valence-electron chi connectivity index (χ2n) is 5.47. The van der Waals surface area contributed by atoms with Gasteiger partial charge in [-0.1, -0.05) is 30.3 Å².